The Morgan fingerprint density at radius 3 is 2.10 bits per heavy atom. The molecule has 0 radical (unpaired) electrons. The second kappa shape index (κ2) is 5.65. The number of hydrogen-bond acceptors (Lipinski definition) is 3. The summed E-state index contributed by atoms with van der Waals surface area (Å²) in [5.41, 5.74) is 0. The topological polar surface area (TPSA) is 27.7 Å². The summed E-state index contributed by atoms with van der Waals surface area (Å²) in [6.07, 6.45) is -0.153. The van der Waals surface area contributed by atoms with Crippen LogP contribution in [0.5, 0.6) is 0 Å². The standard InChI is InChI=1S/C7H16O3/c1-6(2)7(9-4)10-5-8-3/h6-7H,5H2,1-4H3. The van der Waals surface area contributed by atoms with Crippen molar-refractivity contribution in [2.75, 3.05) is 21.0 Å². The average molecular weight is 148 g/mol. The Labute approximate surface area is 62.3 Å². The first-order chi connectivity index (χ1) is 4.72. The first-order valence-electron chi connectivity index (χ1n) is 3.35. The zero-order valence-corrected chi connectivity index (χ0v) is 7.09. The predicted octanol–water partition coefficient (Wildman–Crippen LogP) is 1.24. The van der Waals surface area contributed by atoms with Gasteiger partial charge < -0.3 is 14.2 Å². The van der Waals surface area contributed by atoms with Gasteiger partial charge in [-0.05, 0) is 0 Å². The van der Waals surface area contributed by atoms with Crippen LogP contribution in [0.1, 0.15) is 13.8 Å². The molecule has 0 rings (SSSR count). The largest absolute Gasteiger partial charge is 0.359 e. The molecular formula is C7H16O3. The molecule has 0 aromatic carbocycles. The van der Waals surface area contributed by atoms with Crippen LogP contribution < -0.4 is 0 Å². The molecule has 1 atom stereocenters. The van der Waals surface area contributed by atoms with Gasteiger partial charge in [-0.25, -0.2) is 0 Å². The number of ether oxygens (including phenoxy) is 3. The van der Waals surface area contributed by atoms with Gasteiger partial charge >= 0.3 is 0 Å². The van der Waals surface area contributed by atoms with Gasteiger partial charge in [-0.15, -0.1) is 0 Å². The quantitative estimate of drug-likeness (QED) is 0.549. The maximum atomic E-state index is 5.16. The second-order valence-electron chi connectivity index (χ2n) is 2.42. The molecular weight excluding hydrogens is 132 g/mol. The molecule has 0 N–H and O–H groups in total. The summed E-state index contributed by atoms with van der Waals surface area (Å²) in [5.74, 6) is 0.361. The molecule has 0 bridgehead atoms. The monoisotopic (exact) mass is 148 g/mol. The summed E-state index contributed by atoms with van der Waals surface area (Å²) in [7, 11) is 3.22. The molecule has 0 spiro atoms. The van der Waals surface area contributed by atoms with Crippen molar-refractivity contribution in [3.8, 4) is 0 Å². The molecule has 10 heavy (non-hydrogen) atoms. The zero-order chi connectivity index (χ0) is 7.98. The van der Waals surface area contributed by atoms with Gasteiger partial charge in [0.25, 0.3) is 0 Å². The van der Waals surface area contributed by atoms with Gasteiger partial charge in [-0.1, -0.05) is 13.8 Å². The van der Waals surface area contributed by atoms with Crippen LogP contribution in [0.15, 0.2) is 0 Å². The van der Waals surface area contributed by atoms with E-state index in [1.54, 1.807) is 14.2 Å². The minimum atomic E-state index is -0.153. The molecule has 0 saturated carbocycles. The van der Waals surface area contributed by atoms with E-state index in [2.05, 4.69) is 0 Å². The number of rotatable bonds is 5. The highest BCUT2D eigenvalue weighted by molar-refractivity contribution is 4.47. The average Bonchev–Trinajstić information content (AvgIpc) is 1.89. The van der Waals surface area contributed by atoms with E-state index in [0.29, 0.717) is 5.92 Å². The van der Waals surface area contributed by atoms with Crippen molar-refractivity contribution in [1.82, 2.24) is 0 Å². The molecule has 62 valence electrons. The van der Waals surface area contributed by atoms with Gasteiger partial charge in [0.15, 0.2) is 6.29 Å². The lowest BCUT2D eigenvalue weighted by Crippen LogP contribution is -2.22. The van der Waals surface area contributed by atoms with Gasteiger partial charge in [-0.3, -0.25) is 0 Å². The SMILES string of the molecule is COCOC(OC)C(C)C. The molecule has 0 fully saturated rings. The van der Waals surface area contributed by atoms with Crippen LogP contribution in [0.3, 0.4) is 0 Å². The van der Waals surface area contributed by atoms with E-state index < -0.39 is 0 Å². The Balaban J connectivity index is 3.40. The predicted molar refractivity (Wildman–Crippen MR) is 38.6 cm³/mol. The minimum Gasteiger partial charge on any atom is -0.359 e. The van der Waals surface area contributed by atoms with Crippen molar-refractivity contribution in [3.05, 3.63) is 0 Å². The van der Waals surface area contributed by atoms with Gasteiger partial charge in [0.05, 0.1) is 0 Å². The van der Waals surface area contributed by atoms with E-state index in [1.165, 1.54) is 0 Å². The first kappa shape index (κ1) is 9.88. The Morgan fingerprint density at radius 1 is 1.20 bits per heavy atom. The number of hydrogen-bond donors (Lipinski definition) is 0. The van der Waals surface area contributed by atoms with E-state index >= 15 is 0 Å². The highest BCUT2D eigenvalue weighted by atomic mass is 16.7. The lowest BCUT2D eigenvalue weighted by Gasteiger charge is -2.18. The second-order valence-corrected chi connectivity index (χ2v) is 2.42. The van der Waals surface area contributed by atoms with Crippen molar-refractivity contribution in [3.63, 3.8) is 0 Å². The molecule has 1 unspecified atom stereocenters. The van der Waals surface area contributed by atoms with E-state index in [4.69, 9.17) is 14.2 Å². The van der Waals surface area contributed by atoms with E-state index in [0.717, 1.165) is 0 Å². The lowest BCUT2D eigenvalue weighted by atomic mass is 10.2. The van der Waals surface area contributed by atoms with Crippen LogP contribution in [0.2, 0.25) is 0 Å². The Bertz CT molecular complexity index is 73.3. The van der Waals surface area contributed by atoms with E-state index in [1.807, 2.05) is 13.8 Å². The third-order valence-electron chi connectivity index (χ3n) is 1.13. The molecule has 3 nitrogen and oxygen atoms in total. The van der Waals surface area contributed by atoms with Crippen LogP contribution in [0.4, 0.5) is 0 Å². The molecule has 0 aromatic rings. The smallest absolute Gasteiger partial charge is 0.162 e. The van der Waals surface area contributed by atoms with Gasteiger partial charge in [-0.2, -0.15) is 0 Å². The van der Waals surface area contributed by atoms with Crippen molar-refractivity contribution in [2.45, 2.75) is 20.1 Å². The Morgan fingerprint density at radius 2 is 1.80 bits per heavy atom. The van der Waals surface area contributed by atoms with Gasteiger partial charge in [0.2, 0.25) is 0 Å². The number of methoxy groups -OCH3 is 2. The van der Waals surface area contributed by atoms with Crippen molar-refractivity contribution in [2.24, 2.45) is 5.92 Å². The van der Waals surface area contributed by atoms with Crippen LogP contribution >= 0.6 is 0 Å². The van der Waals surface area contributed by atoms with Crippen LogP contribution in [0, 0.1) is 5.92 Å². The highest BCUT2D eigenvalue weighted by Gasteiger charge is 2.10. The van der Waals surface area contributed by atoms with E-state index in [-0.39, 0.29) is 13.1 Å². The van der Waals surface area contributed by atoms with Crippen LogP contribution in [0.25, 0.3) is 0 Å². The normalized spacial score (nSPS) is 14.1. The summed E-state index contributed by atoms with van der Waals surface area (Å²) >= 11 is 0. The fourth-order valence-corrected chi connectivity index (χ4v) is 0.668. The maximum Gasteiger partial charge on any atom is 0.162 e. The molecule has 0 saturated heterocycles. The fourth-order valence-electron chi connectivity index (χ4n) is 0.668. The summed E-state index contributed by atoms with van der Waals surface area (Å²) in [5, 5.41) is 0. The summed E-state index contributed by atoms with van der Waals surface area (Å²) in [6.45, 7) is 4.35. The summed E-state index contributed by atoms with van der Waals surface area (Å²) < 4.78 is 14.9. The van der Waals surface area contributed by atoms with Crippen molar-refractivity contribution >= 4 is 0 Å². The van der Waals surface area contributed by atoms with Gasteiger partial charge in [0.1, 0.15) is 6.79 Å². The third kappa shape index (κ3) is 3.82. The highest BCUT2D eigenvalue weighted by Crippen LogP contribution is 2.06. The Kier molecular flexibility index (Phi) is 5.58. The molecule has 3 heteroatoms. The van der Waals surface area contributed by atoms with Crippen molar-refractivity contribution in [1.29, 1.82) is 0 Å². The molecule has 0 aliphatic carbocycles. The van der Waals surface area contributed by atoms with Gasteiger partial charge in [0, 0.05) is 20.1 Å². The summed E-state index contributed by atoms with van der Waals surface area (Å²) in [4.78, 5) is 0. The molecule has 0 aliphatic heterocycles. The lowest BCUT2D eigenvalue weighted by molar-refractivity contribution is -0.194. The molecule has 0 aliphatic rings. The van der Waals surface area contributed by atoms with E-state index in [9.17, 15) is 0 Å². The van der Waals surface area contributed by atoms with Crippen LogP contribution in [-0.4, -0.2) is 27.3 Å². The molecule has 0 aromatic heterocycles. The first-order valence-corrected chi connectivity index (χ1v) is 3.35. The maximum absolute atomic E-state index is 5.16. The summed E-state index contributed by atoms with van der Waals surface area (Å²) in [6, 6.07) is 0. The zero-order valence-electron chi connectivity index (χ0n) is 7.09. The molecule has 0 heterocycles. The molecule has 0 amide bonds. The Hall–Kier alpha value is -0.120. The van der Waals surface area contributed by atoms with Crippen molar-refractivity contribution < 1.29 is 14.2 Å². The minimum absolute atomic E-state index is 0.153. The van der Waals surface area contributed by atoms with Crippen LogP contribution in [-0.2, 0) is 14.2 Å². The fraction of sp³-hybridized carbons (Fsp3) is 1.00. The third-order valence-corrected chi connectivity index (χ3v) is 1.13.